The third-order valence-corrected chi connectivity index (χ3v) is 3.07. The Kier molecular flexibility index (Phi) is 3.90. The number of morpholine rings is 1. The van der Waals surface area contributed by atoms with E-state index >= 15 is 0 Å². The van der Waals surface area contributed by atoms with Gasteiger partial charge in [-0.15, -0.1) is 0 Å². The summed E-state index contributed by atoms with van der Waals surface area (Å²) in [5.74, 6) is 0.259. The van der Waals surface area contributed by atoms with Crippen LogP contribution in [0.5, 0.6) is 0 Å². The number of Topliss-reactive ketones (excluding diaryl/α,β-unsaturated/α-hetero) is 1. The Bertz CT molecular complexity index is 228. The average molecular weight is 213 g/mol. The van der Waals surface area contributed by atoms with E-state index in [0.29, 0.717) is 0 Å². The van der Waals surface area contributed by atoms with Crippen molar-refractivity contribution in [3.63, 3.8) is 0 Å². The van der Waals surface area contributed by atoms with Crippen LogP contribution >= 0.6 is 0 Å². The second-order valence-corrected chi connectivity index (χ2v) is 5.39. The number of hydrogen-bond acceptors (Lipinski definition) is 3. The highest BCUT2D eigenvalue weighted by Gasteiger charge is 2.30. The summed E-state index contributed by atoms with van der Waals surface area (Å²) in [6.45, 7) is 12.6. The lowest BCUT2D eigenvalue weighted by Crippen LogP contribution is -2.49. The molecular weight excluding hydrogens is 190 g/mol. The molecule has 1 saturated heterocycles. The van der Waals surface area contributed by atoms with Crippen molar-refractivity contribution >= 4 is 5.78 Å². The van der Waals surface area contributed by atoms with Crippen LogP contribution in [0, 0.1) is 5.41 Å². The molecule has 0 saturated carbocycles. The molecule has 1 heterocycles. The van der Waals surface area contributed by atoms with Gasteiger partial charge >= 0.3 is 0 Å². The summed E-state index contributed by atoms with van der Waals surface area (Å²) in [7, 11) is 0. The monoisotopic (exact) mass is 213 g/mol. The number of hydrogen-bond donors (Lipinski definition) is 0. The summed E-state index contributed by atoms with van der Waals surface area (Å²) in [5.41, 5.74) is -0.239. The first-order valence-corrected chi connectivity index (χ1v) is 5.70. The third-order valence-electron chi connectivity index (χ3n) is 3.07. The third kappa shape index (κ3) is 3.58. The molecule has 0 spiro atoms. The van der Waals surface area contributed by atoms with E-state index in [9.17, 15) is 4.79 Å². The van der Waals surface area contributed by atoms with E-state index in [1.165, 1.54) is 0 Å². The Hall–Kier alpha value is -0.410. The Morgan fingerprint density at radius 3 is 2.20 bits per heavy atom. The fraction of sp³-hybridized carbons (Fsp3) is 0.917. The topological polar surface area (TPSA) is 29.5 Å². The molecule has 1 fully saturated rings. The molecule has 0 aromatic rings. The van der Waals surface area contributed by atoms with E-state index in [1.54, 1.807) is 6.92 Å². The van der Waals surface area contributed by atoms with Gasteiger partial charge < -0.3 is 4.74 Å². The van der Waals surface area contributed by atoms with Gasteiger partial charge in [0.1, 0.15) is 5.78 Å². The molecule has 0 radical (unpaired) electrons. The van der Waals surface area contributed by atoms with Gasteiger partial charge in [-0.25, -0.2) is 0 Å². The summed E-state index contributed by atoms with van der Waals surface area (Å²) in [6, 6.07) is 0. The van der Waals surface area contributed by atoms with Gasteiger partial charge in [0.25, 0.3) is 0 Å². The Balaban J connectivity index is 2.54. The normalized spacial score (nSPS) is 29.1. The summed E-state index contributed by atoms with van der Waals surface area (Å²) < 4.78 is 5.66. The van der Waals surface area contributed by atoms with Crippen molar-refractivity contribution in [3.05, 3.63) is 0 Å². The molecule has 0 amide bonds. The van der Waals surface area contributed by atoms with Crippen LogP contribution < -0.4 is 0 Å². The van der Waals surface area contributed by atoms with Crippen molar-refractivity contribution in [2.75, 3.05) is 19.6 Å². The van der Waals surface area contributed by atoms with E-state index < -0.39 is 0 Å². The van der Waals surface area contributed by atoms with Crippen LogP contribution in [-0.2, 0) is 9.53 Å². The van der Waals surface area contributed by atoms with Crippen LogP contribution in [0.15, 0.2) is 0 Å². The van der Waals surface area contributed by atoms with Crippen LogP contribution in [-0.4, -0.2) is 42.5 Å². The second kappa shape index (κ2) is 4.62. The van der Waals surface area contributed by atoms with Crippen LogP contribution in [0.4, 0.5) is 0 Å². The molecule has 88 valence electrons. The maximum Gasteiger partial charge on any atom is 0.136 e. The van der Waals surface area contributed by atoms with Gasteiger partial charge in [0.05, 0.1) is 12.2 Å². The molecule has 0 aromatic carbocycles. The minimum atomic E-state index is -0.239. The highest BCUT2D eigenvalue weighted by Crippen LogP contribution is 2.21. The molecule has 0 aromatic heterocycles. The summed E-state index contributed by atoms with van der Waals surface area (Å²) >= 11 is 0. The molecule has 3 nitrogen and oxygen atoms in total. The molecule has 0 aliphatic carbocycles. The SMILES string of the molecule is CC(=O)C(C)(C)CN1C[C@@H](C)O[C@@H](C)C1. The van der Waals surface area contributed by atoms with Crippen molar-refractivity contribution in [2.24, 2.45) is 5.41 Å². The Morgan fingerprint density at radius 2 is 1.80 bits per heavy atom. The molecule has 2 atom stereocenters. The molecule has 1 rings (SSSR count). The number of ether oxygens (including phenoxy) is 1. The quantitative estimate of drug-likeness (QED) is 0.715. The molecule has 3 heteroatoms. The number of carbonyl (C=O) groups excluding carboxylic acids is 1. The Morgan fingerprint density at radius 1 is 1.33 bits per heavy atom. The van der Waals surface area contributed by atoms with Crippen LogP contribution in [0.2, 0.25) is 0 Å². The average Bonchev–Trinajstić information content (AvgIpc) is 1.99. The van der Waals surface area contributed by atoms with Gasteiger partial charge in [0.2, 0.25) is 0 Å². The molecule has 0 unspecified atom stereocenters. The van der Waals surface area contributed by atoms with Crippen LogP contribution in [0.25, 0.3) is 0 Å². The number of ketones is 1. The lowest BCUT2D eigenvalue weighted by molar-refractivity contribution is -0.128. The fourth-order valence-electron chi connectivity index (χ4n) is 2.08. The maximum absolute atomic E-state index is 11.4. The molecule has 1 aliphatic heterocycles. The highest BCUT2D eigenvalue weighted by atomic mass is 16.5. The van der Waals surface area contributed by atoms with Crippen LogP contribution in [0.3, 0.4) is 0 Å². The first kappa shape index (κ1) is 12.7. The van der Waals surface area contributed by atoms with Crippen molar-refractivity contribution in [3.8, 4) is 0 Å². The van der Waals surface area contributed by atoms with E-state index in [-0.39, 0.29) is 23.4 Å². The standard InChI is InChI=1S/C12H23NO2/c1-9-6-13(7-10(2)15-9)8-12(4,5)11(3)14/h9-10H,6-8H2,1-5H3/t9-,10+. The van der Waals surface area contributed by atoms with Crippen molar-refractivity contribution in [1.82, 2.24) is 4.90 Å². The minimum Gasteiger partial charge on any atom is -0.373 e. The molecule has 0 bridgehead atoms. The van der Waals surface area contributed by atoms with E-state index in [2.05, 4.69) is 18.7 Å². The van der Waals surface area contributed by atoms with E-state index in [0.717, 1.165) is 19.6 Å². The van der Waals surface area contributed by atoms with E-state index in [1.807, 2.05) is 13.8 Å². The summed E-state index contributed by atoms with van der Waals surface area (Å²) in [4.78, 5) is 13.8. The Labute approximate surface area is 92.8 Å². The largest absolute Gasteiger partial charge is 0.373 e. The first-order chi connectivity index (χ1) is 6.81. The highest BCUT2D eigenvalue weighted by molar-refractivity contribution is 5.81. The summed E-state index contributed by atoms with van der Waals surface area (Å²) in [5, 5.41) is 0. The molecular formula is C12H23NO2. The first-order valence-electron chi connectivity index (χ1n) is 5.70. The fourth-order valence-corrected chi connectivity index (χ4v) is 2.08. The van der Waals surface area contributed by atoms with Gasteiger partial charge in [-0.1, -0.05) is 13.8 Å². The zero-order valence-electron chi connectivity index (χ0n) is 10.5. The number of rotatable bonds is 3. The zero-order chi connectivity index (χ0) is 11.6. The predicted molar refractivity (Wildman–Crippen MR) is 60.9 cm³/mol. The van der Waals surface area contributed by atoms with Crippen LogP contribution in [0.1, 0.15) is 34.6 Å². The smallest absolute Gasteiger partial charge is 0.136 e. The molecule has 1 aliphatic rings. The van der Waals surface area contributed by atoms with Gasteiger partial charge in [-0.2, -0.15) is 0 Å². The van der Waals surface area contributed by atoms with Gasteiger partial charge in [0, 0.05) is 25.0 Å². The van der Waals surface area contributed by atoms with Gasteiger partial charge in [-0.05, 0) is 20.8 Å². The van der Waals surface area contributed by atoms with Crippen molar-refractivity contribution in [1.29, 1.82) is 0 Å². The molecule has 15 heavy (non-hydrogen) atoms. The number of carbonyl (C=O) groups is 1. The lowest BCUT2D eigenvalue weighted by Gasteiger charge is -2.38. The zero-order valence-corrected chi connectivity index (χ0v) is 10.5. The number of nitrogens with zero attached hydrogens (tertiary/aromatic N) is 1. The molecule has 0 N–H and O–H groups in total. The summed E-state index contributed by atoms with van der Waals surface area (Å²) in [6.07, 6.45) is 0.549. The predicted octanol–water partition coefficient (Wildman–Crippen LogP) is 1.71. The van der Waals surface area contributed by atoms with E-state index in [4.69, 9.17) is 4.74 Å². The maximum atomic E-state index is 11.4. The van der Waals surface area contributed by atoms with Crippen molar-refractivity contribution in [2.45, 2.75) is 46.8 Å². The van der Waals surface area contributed by atoms with Crippen molar-refractivity contribution < 1.29 is 9.53 Å². The lowest BCUT2D eigenvalue weighted by atomic mass is 9.88. The van der Waals surface area contributed by atoms with Gasteiger partial charge in [-0.3, -0.25) is 9.69 Å². The second-order valence-electron chi connectivity index (χ2n) is 5.39. The minimum absolute atomic E-state index is 0.239. The van der Waals surface area contributed by atoms with Gasteiger partial charge in [0.15, 0.2) is 0 Å².